The van der Waals surface area contributed by atoms with E-state index in [4.69, 9.17) is 27.7 Å². The number of hydrogen-bond donors (Lipinski definition) is 0. The van der Waals surface area contributed by atoms with Crippen molar-refractivity contribution in [3.8, 4) is 0 Å². The fraction of sp³-hybridized carbons (Fsp3) is 0.167. The summed E-state index contributed by atoms with van der Waals surface area (Å²) in [5, 5.41) is 4.35. The van der Waals surface area contributed by atoms with Crippen molar-refractivity contribution in [3.05, 3.63) is 47.1 Å². The monoisotopic (exact) mass is 281 g/mol. The first-order valence-electron chi connectivity index (χ1n) is 5.38. The summed E-state index contributed by atoms with van der Waals surface area (Å²) in [6, 6.07) is 7.40. The van der Waals surface area contributed by atoms with E-state index in [0.29, 0.717) is 17.4 Å². The average molecular weight is 282 g/mol. The van der Waals surface area contributed by atoms with Gasteiger partial charge in [0.15, 0.2) is 5.76 Å². The van der Waals surface area contributed by atoms with Crippen molar-refractivity contribution in [2.75, 3.05) is 0 Å². The zero-order valence-electron chi connectivity index (χ0n) is 9.31. The minimum atomic E-state index is 0.334. The molecule has 0 amide bonds. The average Bonchev–Trinajstić information content (AvgIpc) is 2.97. The highest BCUT2D eigenvalue weighted by molar-refractivity contribution is 6.31. The molecule has 0 spiro atoms. The van der Waals surface area contributed by atoms with Gasteiger partial charge in [-0.3, -0.25) is 0 Å². The van der Waals surface area contributed by atoms with Crippen molar-refractivity contribution in [1.82, 2.24) is 14.7 Å². The normalized spacial score (nSPS) is 11.2. The maximum atomic E-state index is 5.96. The van der Waals surface area contributed by atoms with Crippen LogP contribution in [0.1, 0.15) is 11.6 Å². The molecule has 0 saturated carbocycles. The van der Waals surface area contributed by atoms with E-state index < -0.39 is 0 Å². The number of hydrogen-bond acceptors (Lipinski definition) is 3. The van der Waals surface area contributed by atoms with E-state index in [0.717, 1.165) is 22.6 Å². The van der Waals surface area contributed by atoms with Gasteiger partial charge < -0.3 is 9.09 Å². The Morgan fingerprint density at radius 1 is 1.28 bits per heavy atom. The maximum absolute atomic E-state index is 5.96. The molecule has 0 saturated heterocycles. The third kappa shape index (κ3) is 1.98. The summed E-state index contributed by atoms with van der Waals surface area (Å²) in [5.41, 5.74) is 1.81. The number of benzene rings is 1. The molecule has 0 aliphatic rings. The summed E-state index contributed by atoms with van der Waals surface area (Å²) < 4.78 is 7.11. The van der Waals surface area contributed by atoms with Gasteiger partial charge in [0, 0.05) is 11.1 Å². The molecule has 92 valence electrons. The number of nitrogens with zero attached hydrogens (tertiary/aromatic N) is 3. The van der Waals surface area contributed by atoms with Gasteiger partial charge in [-0.25, -0.2) is 4.98 Å². The second-order valence-corrected chi connectivity index (χ2v) is 4.56. The van der Waals surface area contributed by atoms with Gasteiger partial charge in [0.05, 0.1) is 29.7 Å². The molecule has 4 nitrogen and oxygen atoms in total. The van der Waals surface area contributed by atoms with E-state index in [-0.39, 0.29) is 0 Å². The quantitative estimate of drug-likeness (QED) is 0.691. The van der Waals surface area contributed by atoms with Crippen LogP contribution >= 0.6 is 23.2 Å². The number of fused-ring (bicyclic) bond motifs is 1. The summed E-state index contributed by atoms with van der Waals surface area (Å²) in [5.74, 6) is 1.88. The van der Waals surface area contributed by atoms with Crippen molar-refractivity contribution in [1.29, 1.82) is 0 Å². The van der Waals surface area contributed by atoms with Gasteiger partial charge in [-0.2, -0.15) is 0 Å². The molecule has 0 bridgehead atoms. The van der Waals surface area contributed by atoms with Crippen LogP contribution in [-0.2, 0) is 12.4 Å². The molecule has 1 aromatic carbocycles. The van der Waals surface area contributed by atoms with Gasteiger partial charge >= 0.3 is 0 Å². The second kappa shape index (κ2) is 4.63. The zero-order chi connectivity index (χ0) is 12.5. The fourth-order valence-electron chi connectivity index (χ4n) is 1.91. The van der Waals surface area contributed by atoms with Crippen LogP contribution in [0.25, 0.3) is 11.0 Å². The zero-order valence-corrected chi connectivity index (χ0v) is 10.8. The molecule has 2 heterocycles. The largest absolute Gasteiger partial charge is 0.359 e. The molecule has 0 unspecified atom stereocenters. The molecule has 0 aliphatic carbocycles. The standard InChI is InChI=1S/C12H9Cl2N3O/c13-6-12-16-10-5-8(14)1-2-11(10)17(12)7-9-3-4-15-18-9/h1-5H,6-7H2. The number of halogens is 2. The van der Waals surface area contributed by atoms with Gasteiger partial charge in [0.25, 0.3) is 0 Å². The molecule has 0 atom stereocenters. The molecule has 18 heavy (non-hydrogen) atoms. The molecule has 0 N–H and O–H groups in total. The number of rotatable bonds is 3. The summed E-state index contributed by atoms with van der Waals surface area (Å²) in [6.45, 7) is 0.556. The van der Waals surface area contributed by atoms with Crippen LogP contribution in [0.2, 0.25) is 5.02 Å². The van der Waals surface area contributed by atoms with Crippen molar-refractivity contribution >= 4 is 34.2 Å². The van der Waals surface area contributed by atoms with Gasteiger partial charge in [-0.05, 0) is 18.2 Å². The van der Waals surface area contributed by atoms with Crippen LogP contribution in [0.15, 0.2) is 35.0 Å². The molecule has 3 aromatic rings. The number of alkyl halides is 1. The molecule has 2 aromatic heterocycles. The highest BCUT2D eigenvalue weighted by Gasteiger charge is 2.12. The minimum Gasteiger partial charge on any atom is -0.359 e. The van der Waals surface area contributed by atoms with Crippen LogP contribution in [0.4, 0.5) is 0 Å². The topological polar surface area (TPSA) is 43.9 Å². The van der Waals surface area contributed by atoms with Crippen molar-refractivity contribution in [2.45, 2.75) is 12.4 Å². The maximum Gasteiger partial charge on any atom is 0.156 e. The van der Waals surface area contributed by atoms with Crippen molar-refractivity contribution in [3.63, 3.8) is 0 Å². The van der Waals surface area contributed by atoms with E-state index in [1.807, 2.05) is 28.8 Å². The minimum absolute atomic E-state index is 0.334. The molecule has 6 heteroatoms. The van der Waals surface area contributed by atoms with E-state index in [2.05, 4.69) is 10.1 Å². The fourth-order valence-corrected chi connectivity index (χ4v) is 2.28. The third-order valence-corrected chi connectivity index (χ3v) is 3.19. The highest BCUT2D eigenvalue weighted by Crippen LogP contribution is 2.22. The van der Waals surface area contributed by atoms with E-state index >= 15 is 0 Å². The lowest BCUT2D eigenvalue weighted by molar-refractivity contribution is 0.376. The number of aromatic nitrogens is 3. The molecular formula is C12H9Cl2N3O. The Bertz CT molecular complexity index is 676. The Balaban J connectivity index is 2.13. The summed E-state index contributed by atoms with van der Waals surface area (Å²) in [7, 11) is 0. The van der Waals surface area contributed by atoms with Crippen LogP contribution in [0.3, 0.4) is 0 Å². The van der Waals surface area contributed by atoms with Gasteiger partial charge in [-0.1, -0.05) is 16.8 Å². The first-order chi connectivity index (χ1) is 8.78. The van der Waals surface area contributed by atoms with Crippen LogP contribution in [-0.4, -0.2) is 14.7 Å². The highest BCUT2D eigenvalue weighted by atomic mass is 35.5. The summed E-state index contributed by atoms with van der Waals surface area (Å²) in [6.07, 6.45) is 1.62. The van der Waals surface area contributed by atoms with Crippen molar-refractivity contribution in [2.24, 2.45) is 0 Å². The summed E-state index contributed by atoms with van der Waals surface area (Å²) in [4.78, 5) is 4.46. The third-order valence-electron chi connectivity index (χ3n) is 2.71. The smallest absolute Gasteiger partial charge is 0.156 e. The Kier molecular flexibility index (Phi) is 2.97. The van der Waals surface area contributed by atoms with Crippen LogP contribution < -0.4 is 0 Å². The van der Waals surface area contributed by atoms with Crippen LogP contribution in [0.5, 0.6) is 0 Å². The second-order valence-electron chi connectivity index (χ2n) is 3.86. The Hall–Kier alpha value is -1.52. The molecule has 0 fully saturated rings. The molecule has 0 radical (unpaired) electrons. The predicted molar refractivity (Wildman–Crippen MR) is 69.9 cm³/mol. The first kappa shape index (κ1) is 11.6. The lowest BCUT2D eigenvalue weighted by Crippen LogP contribution is -2.02. The summed E-state index contributed by atoms with van der Waals surface area (Å²) >= 11 is 11.9. The lowest BCUT2D eigenvalue weighted by atomic mass is 10.3. The lowest BCUT2D eigenvalue weighted by Gasteiger charge is -2.04. The molecular weight excluding hydrogens is 273 g/mol. The van der Waals surface area contributed by atoms with Crippen molar-refractivity contribution < 1.29 is 4.52 Å². The Labute approximate surface area is 113 Å². The van der Waals surface area contributed by atoms with Gasteiger partial charge in [0.2, 0.25) is 0 Å². The Morgan fingerprint density at radius 3 is 2.89 bits per heavy atom. The van der Waals surface area contributed by atoms with E-state index in [1.165, 1.54) is 0 Å². The Morgan fingerprint density at radius 2 is 2.17 bits per heavy atom. The van der Waals surface area contributed by atoms with Gasteiger partial charge in [0.1, 0.15) is 5.82 Å². The van der Waals surface area contributed by atoms with Gasteiger partial charge in [-0.15, -0.1) is 11.6 Å². The SMILES string of the molecule is ClCc1nc2cc(Cl)ccc2n1Cc1ccno1. The number of imidazole rings is 1. The van der Waals surface area contributed by atoms with E-state index in [1.54, 1.807) is 6.20 Å². The predicted octanol–water partition coefficient (Wildman–Crippen LogP) is 3.46. The van der Waals surface area contributed by atoms with Crippen LogP contribution in [0, 0.1) is 0 Å². The molecule has 3 rings (SSSR count). The van der Waals surface area contributed by atoms with E-state index in [9.17, 15) is 0 Å². The molecule has 0 aliphatic heterocycles. The first-order valence-corrected chi connectivity index (χ1v) is 6.29.